The number of aliphatic hydroxyl groups is 1. The molecular formula is C24H32N2O2. The third-order valence-corrected chi connectivity index (χ3v) is 5.43. The number of nitrogens with zero attached hydrogens (tertiary/aromatic N) is 2. The normalized spacial score (nSPS) is 12.5. The Morgan fingerprint density at radius 2 is 1.71 bits per heavy atom. The van der Waals surface area contributed by atoms with Gasteiger partial charge in [0.15, 0.2) is 0 Å². The molecule has 1 N–H and O–H groups in total. The maximum Gasteiger partial charge on any atom is 0.229 e. The molecule has 4 nitrogen and oxygen atoms in total. The molecular weight excluding hydrogens is 348 g/mol. The number of pyridine rings is 1. The highest BCUT2D eigenvalue weighted by Gasteiger charge is 2.19. The molecule has 2 aromatic heterocycles. The molecule has 0 radical (unpaired) electrons. The van der Waals surface area contributed by atoms with Gasteiger partial charge in [-0.25, -0.2) is 4.98 Å². The molecule has 0 saturated carbocycles. The molecule has 150 valence electrons. The summed E-state index contributed by atoms with van der Waals surface area (Å²) in [6.45, 7) is 12.7. The lowest BCUT2D eigenvalue weighted by molar-refractivity contribution is 0.227. The molecule has 0 bridgehead atoms. The van der Waals surface area contributed by atoms with E-state index in [1.165, 1.54) is 5.56 Å². The van der Waals surface area contributed by atoms with Crippen LogP contribution in [0.4, 0.5) is 0 Å². The summed E-state index contributed by atoms with van der Waals surface area (Å²) >= 11 is 0. The van der Waals surface area contributed by atoms with Crippen LogP contribution in [0, 0.1) is 27.7 Å². The van der Waals surface area contributed by atoms with Crippen LogP contribution in [0.2, 0.25) is 0 Å². The van der Waals surface area contributed by atoms with E-state index in [-0.39, 0.29) is 12.6 Å². The van der Waals surface area contributed by atoms with E-state index in [0.29, 0.717) is 5.88 Å². The minimum Gasteiger partial charge on any atom is -0.438 e. The lowest BCUT2D eigenvalue weighted by atomic mass is 10.0. The molecule has 1 atom stereocenters. The second-order valence-electron chi connectivity index (χ2n) is 7.84. The Kier molecular flexibility index (Phi) is 6.09. The lowest BCUT2D eigenvalue weighted by Gasteiger charge is -2.17. The zero-order valence-corrected chi connectivity index (χ0v) is 18.0. The molecule has 0 saturated heterocycles. The first-order valence-corrected chi connectivity index (χ1v) is 10.3. The van der Waals surface area contributed by atoms with Crippen LogP contribution in [0.3, 0.4) is 0 Å². The quantitative estimate of drug-likeness (QED) is 0.550. The average molecular weight is 381 g/mol. The summed E-state index contributed by atoms with van der Waals surface area (Å²) in [6, 6.07) is 6.57. The van der Waals surface area contributed by atoms with Crippen molar-refractivity contribution in [1.82, 2.24) is 9.55 Å². The highest BCUT2D eigenvalue weighted by Crippen LogP contribution is 2.37. The first-order valence-electron chi connectivity index (χ1n) is 10.3. The predicted molar refractivity (Wildman–Crippen MR) is 116 cm³/mol. The number of hydrogen-bond acceptors (Lipinski definition) is 3. The molecule has 0 spiro atoms. The summed E-state index contributed by atoms with van der Waals surface area (Å²) in [5.41, 5.74) is 6.72. The number of rotatable bonds is 7. The third-order valence-electron chi connectivity index (χ3n) is 5.43. The van der Waals surface area contributed by atoms with E-state index in [4.69, 9.17) is 9.72 Å². The Balaban J connectivity index is 2.12. The fourth-order valence-corrected chi connectivity index (χ4v) is 4.07. The second-order valence-corrected chi connectivity index (χ2v) is 7.84. The standard InChI is InChI=1S/C24H32N2O2/c1-7-9-19-10-15(3)23(16(4)11-19)28-24-22-17(5)13-26(20(8-2)14-27)21(22)12-18(6)25-24/h10-13,20,27H,7-9,14H2,1-6H3. The summed E-state index contributed by atoms with van der Waals surface area (Å²) in [5.74, 6) is 1.54. The van der Waals surface area contributed by atoms with Crippen molar-refractivity contribution >= 4 is 10.9 Å². The van der Waals surface area contributed by atoms with Gasteiger partial charge in [0.05, 0.1) is 23.6 Å². The Morgan fingerprint density at radius 3 is 2.29 bits per heavy atom. The van der Waals surface area contributed by atoms with Gasteiger partial charge in [0.2, 0.25) is 5.88 Å². The number of aryl methyl sites for hydroxylation is 5. The highest BCUT2D eigenvalue weighted by atomic mass is 16.5. The molecule has 28 heavy (non-hydrogen) atoms. The molecule has 3 rings (SSSR count). The summed E-state index contributed by atoms with van der Waals surface area (Å²) < 4.78 is 8.58. The first kappa shape index (κ1) is 20.4. The minimum absolute atomic E-state index is 0.0580. The molecule has 0 aliphatic carbocycles. The molecule has 3 aromatic rings. The summed E-state index contributed by atoms with van der Waals surface area (Å²) in [4.78, 5) is 4.72. The number of aromatic nitrogens is 2. The Bertz CT molecular complexity index is 961. The number of fused-ring (bicyclic) bond motifs is 1. The maximum atomic E-state index is 9.80. The van der Waals surface area contributed by atoms with Crippen molar-refractivity contribution in [1.29, 1.82) is 0 Å². The van der Waals surface area contributed by atoms with Gasteiger partial charge in [-0.15, -0.1) is 0 Å². The van der Waals surface area contributed by atoms with Crippen molar-refractivity contribution in [2.75, 3.05) is 6.61 Å². The van der Waals surface area contributed by atoms with E-state index in [1.54, 1.807) is 0 Å². The van der Waals surface area contributed by atoms with Crippen LogP contribution in [0.5, 0.6) is 11.6 Å². The highest BCUT2D eigenvalue weighted by molar-refractivity contribution is 5.89. The second kappa shape index (κ2) is 8.36. The van der Waals surface area contributed by atoms with Crippen LogP contribution in [0.25, 0.3) is 10.9 Å². The van der Waals surface area contributed by atoms with Gasteiger partial charge >= 0.3 is 0 Å². The number of aliphatic hydroxyl groups excluding tert-OH is 1. The number of benzene rings is 1. The van der Waals surface area contributed by atoms with E-state index >= 15 is 0 Å². The van der Waals surface area contributed by atoms with E-state index in [9.17, 15) is 5.11 Å². The summed E-state index contributed by atoms with van der Waals surface area (Å²) in [7, 11) is 0. The summed E-state index contributed by atoms with van der Waals surface area (Å²) in [5, 5.41) is 10.8. The van der Waals surface area contributed by atoms with Crippen LogP contribution < -0.4 is 4.74 Å². The van der Waals surface area contributed by atoms with Crippen molar-refractivity contribution in [2.24, 2.45) is 0 Å². The monoisotopic (exact) mass is 380 g/mol. The zero-order valence-electron chi connectivity index (χ0n) is 18.0. The Hall–Kier alpha value is -2.33. The third kappa shape index (κ3) is 3.79. The van der Waals surface area contributed by atoms with E-state index in [0.717, 1.165) is 58.3 Å². The van der Waals surface area contributed by atoms with Gasteiger partial charge < -0.3 is 14.4 Å². The molecule has 1 aromatic carbocycles. The van der Waals surface area contributed by atoms with Crippen molar-refractivity contribution < 1.29 is 9.84 Å². The van der Waals surface area contributed by atoms with Gasteiger partial charge in [-0.2, -0.15) is 0 Å². The van der Waals surface area contributed by atoms with Crippen molar-refractivity contribution in [3.8, 4) is 11.6 Å². The number of ether oxygens (including phenoxy) is 1. The Morgan fingerprint density at radius 1 is 1.04 bits per heavy atom. The van der Waals surface area contributed by atoms with Crippen molar-refractivity contribution in [3.05, 3.63) is 52.3 Å². The molecule has 1 unspecified atom stereocenters. The first-order chi connectivity index (χ1) is 13.4. The van der Waals surface area contributed by atoms with Gasteiger partial charge in [0.1, 0.15) is 5.75 Å². The molecule has 0 aliphatic rings. The van der Waals surface area contributed by atoms with Gasteiger partial charge in [-0.1, -0.05) is 32.4 Å². The molecule has 0 aliphatic heterocycles. The van der Waals surface area contributed by atoms with E-state index in [1.807, 2.05) is 6.92 Å². The van der Waals surface area contributed by atoms with E-state index < -0.39 is 0 Å². The van der Waals surface area contributed by atoms with Crippen molar-refractivity contribution in [2.45, 2.75) is 66.8 Å². The van der Waals surface area contributed by atoms with Gasteiger partial charge in [0, 0.05) is 11.9 Å². The predicted octanol–water partition coefficient (Wildman–Crippen LogP) is 5.96. The average Bonchev–Trinajstić information content (AvgIpc) is 2.96. The van der Waals surface area contributed by atoms with Crippen LogP contribution in [0.1, 0.15) is 60.7 Å². The van der Waals surface area contributed by atoms with Crippen LogP contribution in [0.15, 0.2) is 24.4 Å². The molecule has 0 fully saturated rings. The maximum absolute atomic E-state index is 9.80. The lowest BCUT2D eigenvalue weighted by Crippen LogP contribution is -2.11. The minimum atomic E-state index is 0.0580. The smallest absolute Gasteiger partial charge is 0.229 e. The van der Waals surface area contributed by atoms with Crippen LogP contribution >= 0.6 is 0 Å². The largest absolute Gasteiger partial charge is 0.438 e. The van der Waals surface area contributed by atoms with Crippen LogP contribution in [-0.4, -0.2) is 21.3 Å². The topological polar surface area (TPSA) is 47.3 Å². The molecule has 0 amide bonds. The Labute approximate surface area is 168 Å². The van der Waals surface area contributed by atoms with Gasteiger partial charge in [-0.05, 0) is 68.9 Å². The molecule has 4 heteroatoms. The molecule has 2 heterocycles. The van der Waals surface area contributed by atoms with E-state index in [2.05, 4.69) is 63.6 Å². The zero-order chi connectivity index (χ0) is 20.4. The number of hydrogen-bond donors (Lipinski definition) is 1. The summed E-state index contributed by atoms with van der Waals surface area (Å²) in [6.07, 6.45) is 5.19. The van der Waals surface area contributed by atoms with Gasteiger partial charge in [-0.3, -0.25) is 0 Å². The van der Waals surface area contributed by atoms with Crippen LogP contribution in [-0.2, 0) is 6.42 Å². The van der Waals surface area contributed by atoms with Crippen molar-refractivity contribution in [3.63, 3.8) is 0 Å². The van der Waals surface area contributed by atoms with Gasteiger partial charge in [0.25, 0.3) is 0 Å². The SMILES string of the molecule is CCCc1cc(C)c(Oc2nc(C)cc3c2c(C)cn3C(CC)CO)c(C)c1. The fourth-order valence-electron chi connectivity index (χ4n) is 4.07. The fraction of sp³-hybridized carbons (Fsp3) is 0.458.